The molecule has 23 heavy (non-hydrogen) atoms. The molecule has 0 radical (unpaired) electrons. The molecule has 0 aromatic rings. The Kier molecular flexibility index (Phi) is 3.30. The van der Waals surface area contributed by atoms with Gasteiger partial charge < -0.3 is 4.74 Å². The highest BCUT2D eigenvalue weighted by molar-refractivity contribution is 5.44. The maximum atomic E-state index is 6.17. The second-order valence-corrected chi connectivity index (χ2v) is 8.00. The number of rotatable bonds is 0. The Morgan fingerprint density at radius 1 is 1.35 bits per heavy atom. The Morgan fingerprint density at radius 2 is 2.22 bits per heavy atom. The van der Waals surface area contributed by atoms with E-state index in [0.29, 0.717) is 5.92 Å². The number of hydrogen-bond acceptors (Lipinski definition) is 1. The molecule has 0 saturated heterocycles. The molecule has 0 bridgehead atoms. The highest BCUT2D eigenvalue weighted by Crippen LogP contribution is 2.64. The molecule has 0 aromatic carbocycles. The van der Waals surface area contributed by atoms with Gasteiger partial charge in [0.05, 0.1) is 12.0 Å². The molecular formula is C22H26O. The lowest BCUT2D eigenvalue weighted by Crippen LogP contribution is -2.53. The molecule has 1 nitrogen and oxygen atoms in total. The van der Waals surface area contributed by atoms with Gasteiger partial charge >= 0.3 is 0 Å². The highest BCUT2D eigenvalue weighted by atomic mass is 16.5. The molecule has 2 fully saturated rings. The van der Waals surface area contributed by atoms with Gasteiger partial charge in [-0.1, -0.05) is 37.3 Å². The minimum Gasteiger partial charge on any atom is -0.357 e. The zero-order valence-corrected chi connectivity index (χ0v) is 14.2. The highest BCUT2D eigenvalue weighted by Gasteiger charge is 2.58. The lowest BCUT2D eigenvalue weighted by atomic mass is 9.46. The van der Waals surface area contributed by atoms with E-state index in [1.165, 1.54) is 24.0 Å². The Balaban J connectivity index is 1.76. The lowest BCUT2D eigenvalue weighted by Gasteiger charge is -2.58. The predicted molar refractivity (Wildman–Crippen MR) is 93.5 cm³/mol. The largest absolute Gasteiger partial charge is 0.357 e. The van der Waals surface area contributed by atoms with Crippen LogP contribution in [0.15, 0.2) is 23.8 Å². The molecule has 1 heterocycles. The van der Waals surface area contributed by atoms with Gasteiger partial charge in [0, 0.05) is 6.42 Å². The van der Waals surface area contributed by atoms with Gasteiger partial charge in [0.25, 0.3) is 0 Å². The zero-order chi connectivity index (χ0) is 16.1. The molecule has 4 atom stereocenters. The SMILES string of the molecule is C#CC12CCCC=C1[C@@]1(C)CCC3(C#CCCO3)C(=C)[C@@H]1CC2. The van der Waals surface area contributed by atoms with E-state index >= 15 is 0 Å². The standard InChI is InChI=1S/C22H26O/c1-4-21-11-6-5-9-19(21)20(3)14-15-22(12-7-8-16-23-22)17(2)18(20)10-13-21/h1,9,18H,2,5-6,8,10-11,13-16H2,3H3/t18-,20-,21?,22?/m0/s1. The Morgan fingerprint density at radius 3 is 2.96 bits per heavy atom. The summed E-state index contributed by atoms with van der Waals surface area (Å²) in [7, 11) is 0. The summed E-state index contributed by atoms with van der Waals surface area (Å²) in [4.78, 5) is 0. The van der Waals surface area contributed by atoms with Gasteiger partial charge in [-0.2, -0.15) is 0 Å². The first-order valence-corrected chi connectivity index (χ1v) is 9.09. The first-order valence-electron chi connectivity index (χ1n) is 9.09. The van der Waals surface area contributed by atoms with Gasteiger partial charge in [-0.15, -0.1) is 6.42 Å². The van der Waals surface area contributed by atoms with Gasteiger partial charge in [-0.05, 0) is 67.4 Å². The molecule has 1 spiro atoms. The molecule has 120 valence electrons. The number of hydrogen-bond donors (Lipinski definition) is 0. The Bertz CT molecular complexity index is 681. The van der Waals surface area contributed by atoms with E-state index in [0.717, 1.165) is 45.1 Å². The monoisotopic (exact) mass is 306 g/mol. The Labute approximate surface area is 140 Å². The second kappa shape index (κ2) is 5.03. The van der Waals surface area contributed by atoms with Gasteiger partial charge in [0.15, 0.2) is 0 Å². The topological polar surface area (TPSA) is 9.23 Å². The molecule has 0 amide bonds. The van der Waals surface area contributed by atoms with Crippen molar-refractivity contribution in [3.05, 3.63) is 23.8 Å². The van der Waals surface area contributed by atoms with Crippen LogP contribution in [0.25, 0.3) is 0 Å². The molecule has 3 aliphatic carbocycles. The fourth-order valence-corrected chi connectivity index (χ4v) is 5.71. The molecule has 1 aliphatic heterocycles. The summed E-state index contributed by atoms with van der Waals surface area (Å²) < 4.78 is 6.17. The smallest absolute Gasteiger partial charge is 0.150 e. The third-order valence-corrected chi connectivity index (χ3v) is 6.99. The first-order chi connectivity index (χ1) is 11.1. The lowest BCUT2D eigenvalue weighted by molar-refractivity contribution is -0.0369. The van der Waals surface area contributed by atoms with Crippen molar-refractivity contribution < 1.29 is 4.74 Å². The first kappa shape index (κ1) is 15.1. The van der Waals surface area contributed by atoms with E-state index < -0.39 is 0 Å². The van der Waals surface area contributed by atoms with E-state index in [2.05, 4.69) is 37.3 Å². The maximum absolute atomic E-state index is 6.17. The normalized spacial score (nSPS) is 45.1. The average molecular weight is 306 g/mol. The fraction of sp³-hybridized carbons (Fsp3) is 0.636. The zero-order valence-electron chi connectivity index (χ0n) is 14.2. The van der Waals surface area contributed by atoms with Crippen LogP contribution in [-0.4, -0.2) is 12.2 Å². The summed E-state index contributed by atoms with van der Waals surface area (Å²) in [6.45, 7) is 7.67. The second-order valence-electron chi connectivity index (χ2n) is 8.00. The van der Waals surface area contributed by atoms with Crippen LogP contribution in [0.2, 0.25) is 0 Å². The van der Waals surface area contributed by atoms with E-state index in [-0.39, 0.29) is 16.4 Å². The quantitative estimate of drug-likeness (QED) is 0.468. The van der Waals surface area contributed by atoms with Crippen LogP contribution in [0, 0.1) is 40.9 Å². The fourth-order valence-electron chi connectivity index (χ4n) is 5.71. The van der Waals surface area contributed by atoms with Crippen molar-refractivity contribution in [1.82, 2.24) is 0 Å². The van der Waals surface area contributed by atoms with Crippen molar-refractivity contribution >= 4 is 0 Å². The van der Waals surface area contributed by atoms with Crippen LogP contribution >= 0.6 is 0 Å². The van der Waals surface area contributed by atoms with Crippen molar-refractivity contribution in [3.63, 3.8) is 0 Å². The van der Waals surface area contributed by atoms with Crippen molar-refractivity contribution in [1.29, 1.82) is 0 Å². The predicted octanol–water partition coefficient (Wildman–Crippen LogP) is 4.65. The van der Waals surface area contributed by atoms with Crippen LogP contribution in [0.3, 0.4) is 0 Å². The maximum Gasteiger partial charge on any atom is 0.150 e. The summed E-state index contributed by atoms with van der Waals surface area (Å²) in [5.41, 5.74) is 2.53. The number of terminal acetylenes is 1. The van der Waals surface area contributed by atoms with Crippen LogP contribution in [0.1, 0.15) is 58.3 Å². The van der Waals surface area contributed by atoms with Crippen LogP contribution in [-0.2, 0) is 4.74 Å². The van der Waals surface area contributed by atoms with Crippen molar-refractivity contribution in [2.45, 2.75) is 63.9 Å². The molecule has 0 aromatic heterocycles. The molecule has 2 saturated carbocycles. The molecule has 4 rings (SSSR count). The Hall–Kier alpha value is -1.44. The van der Waals surface area contributed by atoms with Gasteiger partial charge in [0.1, 0.15) is 5.60 Å². The van der Waals surface area contributed by atoms with Gasteiger partial charge in [-0.3, -0.25) is 0 Å². The molecule has 1 heteroatoms. The van der Waals surface area contributed by atoms with E-state index in [1.807, 2.05) is 0 Å². The van der Waals surface area contributed by atoms with E-state index in [1.54, 1.807) is 0 Å². The van der Waals surface area contributed by atoms with Crippen LogP contribution in [0.4, 0.5) is 0 Å². The van der Waals surface area contributed by atoms with E-state index in [4.69, 9.17) is 11.2 Å². The van der Waals surface area contributed by atoms with E-state index in [9.17, 15) is 0 Å². The van der Waals surface area contributed by atoms with Gasteiger partial charge in [0.2, 0.25) is 0 Å². The number of ether oxygens (including phenoxy) is 1. The minimum absolute atomic E-state index is 0.00733. The third-order valence-electron chi connectivity index (χ3n) is 6.99. The molecular weight excluding hydrogens is 280 g/mol. The summed E-state index contributed by atoms with van der Waals surface area (Å²) in [6.07, 6.45) is 17.2. The van der Waals surface area contributed by atoms with Crippen LogP contribution < -0.4 is 0 Å². The molecule has 0 N–H and O–H groups in total. The average Bonchev–Trinajstić information content (AvgIpc) is 2.60. The summed E-state index contributed by atoms with van der Waals surface area (Å²) in [5.74, 6) is 10.3. The van der Waals surface area contributed by atoms with Crippen molar-refractivity contribution in [2.24, 2.45) is 16.7 Å². The molecule has 4 aliphatic rings. The summed E-state index contributed by atoms with van der Waals surface area (Å²) in [5, 5.41) is 0. The third kappa shape index (κ3) is 1.93. The molecule has 2 unspecified atom stereocenters. The summed E-state index contributed by atoms with van der Waals surface area (Å²) in [6, 6.07) is 0. The van der Waals surface area contributed by atoms with Crippen molar-refractivity contribution in [3.8, 4) is 24.2 Å². The van der Waals surface area contributed by atoms with Crippen LogP contribution in [0.5, 0.6) is 0 Å². The van der Waals surface area contributed by atoms with Gasteiger partial charge in [-0.25, -0.2) is 0 Å². The summed E-state index contributed by atoms with van der Waals surface area (Å²) >= 11 is 0. The van der Waals surface area contributed by atoms with Crippen molar-refractivity contribution in [2.75, 3.05) is 6.61 Å². The minimum atomic E-state index is -0.381. The number of fused-ring (bicyclic) bond motifs is 3. The number of allylic oxidation sites excluding steroid dienone is 2.